The molecule has 0 amide bonds. The third-order valence-corrected chi connectivity index (χ3v) is 3.89. The molecule has 6 nitrogen and oxygen atoms in total. The molecule has 0 aliphatic rings. The number of halogens is 4. The molecule has 0 saturated carbocycles. The molecule has 0 aliphatic carbocycles. The van der Waals surface area contributed by atoms with Gasteiger partial charge in [-0.25, -0.2) is 13.8 Å². The molecule has 0 bridgehead atoms. The lowest BCUT2D eigenvalue weighted by molar-refractivity contribution is 0.0329. The zero-order valence-corrected chi connectivity index (χ0v) is 13.8. The number of nitrogens with zero attached hydrogens (tertiary/aromatic N) is 4. The highest BCUT2D eigenvalue weighted by Crippen LogP contribution is 2.34. The number of benzene rings is 1. The van der Waals surface area contributed by atoms with Crippen molar-refractivity contribution < 1.29 is 17.6 Å². The molecule has 2 N–H and O–H groups in total. The van der Waals surface area contributed by atoms with E-state index >= 15 is 0 Å². The first-order valence-electron chi connectivity index (χ1n) is 7.83. The Kier molecular flexibility index (Phi) is 3.83. The van der Waals surface area contributed by atoms with Gasteiger partial charge in [-0.1, -0.05) is 0 Å². The molecule has 1 aromatic carbocycles. The summed E-state index contributed by atoms with van der Waals surface area (Å²) < 4.78 is 57.9. The maximum Gasteiger partial charge on any atom is 0.331 e. The van der Waals surface area contributed by atoms with Gasteiger partial charge in [0.2, 0.25) is 17.7 Å². The molecule has 0 unspecified atom stereocenters. The Hall–Kier alpha value is -3.43. The van der Waals surface area contributed by atoms with Gasteiger partial charge in [-0.3, -0.25) is 5.10 Å². The smallest absolute Gasteiger partial charge is 0.308 e. The van der Waals surface area contributed by atoms with E-state index in [1.54, 1.807) is 13.0 Å². The van der Waals surface area contributed by atoms with E-state index < -0.39 is 29.1 Å². The lowest BCUT2D eigenvalue weighted by atomic mass is 10.1. The molecular formula is C17H12F4N6. The van der Waals surface area contributed by atoms with Crippen LogP contribution in [-0.2, 0) is 5.92 Å². The Bertz CT molecular complexity index is 1120. The summed E-state index contributed by atoms with van der Waals surface area (Å²) in [5.41, 5.74) is 0.170. The Morgan fingerprint density at radius 1 is 1.04 bits per heavy atom. The van der Waals surface area contributed by atoms with Crippen LogP contribution in [0.15, 0.2) is 42.5 Å². The van der Waals surface area contributed by atoms with Gasteiger partial charge in [0.1, 0.15) is 11.5 Å². The highest BCUT2D eigenvalue weighted by Gasteiger charge is 2.38. The molecule has 3 heterocycles. The van der Waals surface area contributed by atoms with Crippen LogP contribution >= 0.6 is 0 Å². The van der Waals surface area contributed by atoms with Gasteiger partial charge < -0.3 is 5.32 Å². The van der Waals surface area contributed by atoms with Crippen molar-refractivity contribution in [1.82, 2.24) is 24.6 Å². The van der Waals surface area contributed by atoms with E-state index in [9.17, 15) is 17.6 Å². The fourth-order valence-electron chi connectivity index (χ4n) is 2.59. The first-order valence-corrected chi connectivity index (χ1v) is 7.83. The summed E-state index contributed by atoms with van der Waals surface area (Å²) in [6.07, 6.45) is 0. The number of hydrogen-bond donors (Lipinski definition) is 2. The monoisotopic (exact) mass is 376 g/mol. The number of H-pyrrole nitrogens is 1. The number of rotatable bonds is 4. The number of aromatic nitrogens is 5. The lowest BCUT2D eigenvalue weighted by Gasteiger charge is -2.17. The average Bonchev–Trinajstić information content (AvgIpc) is 3.21. The largest absolute Gasteiger partial charge is 0.331 e. The number of fused-ring (bicyclic) bond motifs is 1. The van der Waals surface area contributed by atoms with Crippen LogP contribution in [0.4, 0.5) is 29.3 Å². The van der Waals surface area contributed by atoms with E-state index in [1.165, 1.54) is 6.07 Å². The minimum absolute atomic E-state index is 0.0611. The van der Waals surface area contributed by atoms with Crippen molar-refractivity contribution in [1.29, 1.82) is 0 Å². The second-order valence-electron chi connectivity index (χ2n) is 5.86. The van der Waals surface area contributed by atoms with Gasteiger partial charge in [-0.2, -0.15) is 23.3 Å². The molecule has 0 radical (unpaired) electrons. The van der Waals surface area contributed by atoms with Crippen LogP contribution in [0.1, 0.15) is 17.1 Å². The third-order valence-electron chi connectivity index (χ3n) is 3.89. The van der Waals surface area contributed by atoms with Gasteiger partial charge in [0, 0.05) is 17.3 Å². The van der Waals surface area contributed by atoms with Gasteiger partial charge >= 0.3 is 5.92 Å². The van der Waals surface area contributed by atoms with E-state index in [0.717, 1.165) is 34.7 Å². The summed E-state index contributed by atoms with van der Waals surface area (Å²) in [5, 5.41) is 9.31. The van der Waals surface area contributed by atoms with Crippen molar-refractivity contribution in [3.05, 3.63) is 71.3 Å². The molecule has 4 rings (SSSR count). The second-order valence-corrected chi connectivity index (χ2v) is 5.86. The molecule has 3 aromatic heterocycles. The molecule has 0 fully saturated rings. The molecule has 138 valence electrons. The maximum absolute atomic E-state index is 14.9. The molecular weight excluding hydrogens is 364 g/mol. The van der Waals surface area contributed by atoms with Gasteiger partial charge in [-0.05, 0) is 43.3 Å². The van der Waals surface area contributed by atoms with Crippen molar-refractivity contribution in [2.45, 2.75) is 12.8 Å². The first-order chi connectivity index (χ1) is 12.8. The number of hydrogen-bond acceptors (Lipinski definition) is 4. The molecule has 4 aromatic rings. The minimum Gasteiger partial charge on any atom is -0.308 e. The Morgan fingerprint density at radius 2 is 1.78 bits per heavy atom. The zero-order valence-electron chi connectivity index (χ0n) is 13.8. The van der Waals surface area contributed by atoms with E-state index in [2.05, 4.69) is 25.5 Å². The number of nitrogens with one attached hydrogen (secondary N) is 2. The molecule has 0 spiro atoms. The minimum atomic E-state index is -3.62. The van der Waals surface area contributed by atoms with Crippen LogP contribution in [0.3, 0.4) is 0 Å². The first kappa shape index (κ1) is 17.0. The summed E-state index contributed by atoms with van der Waals surface area (Å²) in [4.78, 5) is 7.59. The third kappa shape index (κ3) is 2.98. The highest BCUT2D eigenvalue weighted by molar-refractivity contribution is 5.54. The number of aryl methyl sites for hydroxylation is 1. The molecule has 0 saturated heterocycles. The number of aromatic amines is 1. The number of alkyl halides is 2. The second kappa shape index (κ2) is 6.08. The predicted octanol–water partition coefficient (Wildman–Crippen LogP) is 3.92. The summed E-state index contributed by atoms with van der Waals surface area (Å²) in [5.74, 6) is -5.78. The van der Waals surface area contributed by atoms with Gasteiger partial charge in [0.05, 0.1) is 0 Å². The molecule has 0 aliphatic heterocycles. The lowest BCUT2D eigenvalue weighted by Crippen LogP contribution is -2.21. The van der Waals surface area contributed by atoms with Crippen molar-refractivity contribution in [2.24, 2.45) is 0 Å². The molecule has 27 heavy (non-hydrogen) atoms. The van der Waals surface area contributed by atoms with Crippen molar-refractivity contribution in [2.75, 3.05) is 5.32 Å². The maximum atomic E-state index is 14.9. The van der Waals surface area contributed by atoms with E-state index in [4.69, 9.17) is 0 Å². The van der Waals surface area contributed by atoms with Crippen LogP contribution in [-0.4, -0.2) is 24.6 Å². The molecule has 10 heteroatoms. The van der Waals surface area contributed by atoms with Gasteiger partial charge in [0.15, 0.2) is 5.82 Å². The predicted molar refractivity (Wildman–Crippen MR) is 88.9 cm³/mol. The fraction of sp³-hybridized carbons (Fsp3) is 0.118. The standard InChI is InChI=1S/C17H12F4N6/c1-9-8-13(26-25-9)22-16-24-15(23-14-7-6-12(19)27(14)16)17(20,21)10-2-4-11(18)5-3-10/h2-8H,1H3,(H2,22,23,24,25,26). The number of anilines is 2. The van der Waals surface area contributed by atoms with Crippen LogP contribution in [0.25, 0.3) is 5.65 Å². The quantitative estimate of drug-likeness (QED) is 0.530. The summed E-state index contributed by atoms with van der Waals surface area (Å²) in [6, 6.07) is 7.69. The van der Waals surface area contributed by atoms with E-state index in [1.807, 2.05) is 0 Å². The zero-order chi connectivity index (χ0) is 19.2. The van der Waals surface area contributed by atoms with Crippen molar-refractivity contribution in [3.8, 4) is 0 Å². The van der Waals surface area contributed by atoms with Crippen molar-refractivity contribution in [3.63, 3.8) is 0 Å². The molecule has 0 atom stereocenters. The summed E-state index contributed by atoms with van der Waals surface area (Å²) in [7, 11) is 0. The van der Waals surface area contributed by atoms with Crippen LogP contribution in [0.2, 0.25) is 0 Å². The van der Waals surface area contributed by atoms with Crippen LogP contribution < -0.4 is 5.32 Å². The SMILES string of the molecule is Cc1cc(Nc2nc(C(F)(F)c3ccc(F)cc3)nc3ccc(F)n23)n[nH]1. The van der Waals surface area contributed by atoms with Crippen LogP contribution in [0.5, 0.6) is 0 Å². The Balaban J connectivity index is 1.85. The summed E-state index contributed by atoms with van der Waals surface area (Å²) in [6.45, 7) is 1.75. The average molecular weight is 376 g/mol. The fourth-order valence-corrected chi connectivity index (χ4v) is 2.59. The van der Waals surface area contributed by atoms with Crippen LogP contribution in [0, 0.1) is 18.7 Å². The topological polar surface area (TPSA) is 70.9 Å². The Morgan fingerprint density at radius 3 is 2.44 bits per heavy atom. The van der Waals surface area contributed by atoms with Gasteiger partial charge in [-0.15, -0.1) is 0 Å². The van der Waals surface area contributed by atoms with E-state index in [0.29, 0.717) is 5.69 Å². The van der Waals surface area contributed by atoms with Crippen molar-refractivity contribution >= 4 is 17.4 Å². The normalized spacial score (nSPS) is 11.9. The van der Waals surface area contributed by atoms with E-state index in [-0.39, 0.29) is 17.4 Å². The summed E-state index contributed by atoms with van der Waals surface area (Å²) >= 11 is 0. The highest BCUT2D eigenvalue weighted by atomic mass is 19.3. The van der Waals surface area contributed by atoms with Gasteiger partial charge in [0.25, 0.3) is 0 Å². The Labute approximate surface area is 149 Å².